The van der Waals surface area contributed by atoms with Crippen LogP contribution in [0, 0.1) is 6.92 Å². The van der Waals surface area contributed by atoms with Crippen molar-refractivity contribution in [2.24, 2.45) is 0 Å². The highest BCUT2D eigenvalue weighted by Gasteiger charge is 2.12. The van der Waals surface area contributed by atoms with Crippen LogP contribution in [-0.4, -0.2) is 0 Å². The standard InChI is InChI=1S/C24H16OS2/c1-15-5-7-16(8-6-15)17-9-10-22-21(13-17)23(25)20-4-2-3-19(24(20)27-22)18-11-12-26-14-18/h2-14H,1H3. The molecular formula is C24H16OS2. The lowest BCUT2D eigenvalue weighted by Gasteiger charge is -2.08. The SMILES string of the molecule is Cc1ccc(-c2ccc3sc4c(-c5ccsc5)cccc4c(=O)c3c2)cc1. The van der Waals surface area contributed by atoms with E-state index in [-0.39, 0.29) is 5.43 Å². The van der Waals surface area contributed by atoms with Crippen LogP contribution in [0.2, 0.25) is 0 Å². The molecule has 0 fully saturated rings. The van der Waals surface area contributed by atoms with Gasteiger partial charge in [0.2, 0.25) is 0 Å². The molecule has 0 aliphatic heterocycles. The van der Waals surface area contributed by atoms with Crippen LogP contribution in [0.25, 0.3) is 42.4 Å². The van der Waals surface area contributed by atoms with Crippen LogP contribution in [0.4, 0.5) is 0 Å². The Kier molecular flexibility index (Phi) is 3.92. The first-order valence-electron chi connectivity index (χ1n) is 8.80. The molecule has 0 atom stereocenters. The van der Waals surface area contributed by atoms with Gasteiger partial charge in [0, 0.05) is 25.7 Å². The van der Waals surface area contributed by atoms with E-state index in [0.717, 1.165) is 36.9 Å². The van der Waals surface area contributed by atoms with Crippen molar-refractivity contribution in [3.05, 3.63) is 93.3 Å². The van der Waals surface area contributed by atoms with E-state index in [9.17, 15) is 4.79 Å². The lowest BCUT2D eigenvalue weighted by Crippen LogP contribution is -2.01. The number of aryl methyl sites for hydroxylation is 1. The molecule has 0 amide bonds. The van der Waals surface area contributed by atoms with Crippen molar-refractivity contribution >= 4 is 42.8 Å². The minimum Gasteiger partial charge on any atom is -0.289 e. The summed E-state index contributed by atoms with van der Waals surface area (Å²) in [5.41, 5.74) is 5.89. The third-order valence-electron chi connectivity index (χ3n) is 4.91. The summed E-state index contributed by atoms with van der Waals surface area (Å²) < 4.78 is 2.10. The van der Waals surface area contributed by atoms with Gasteiger partial charge in [-0.05, 0) is 58.6 Å². The zero-order chi connectivity index (χ0) is 18.4. The van der Waals surface area contributed by atoms with Gasteiger partial charge in [-0.3, -0.25) is 4.79 Å². The van der Waals surface area contributed by atoms with Crippen LogP contribution >= 0.6 is 22.7 Å². The van der Waals surface area contributed by atoms with Crippen LogP contribution < -0.4 is 5.43 Å². The first kappa shape index (κ1) is 16.4. The maximum atomic E-state index is 13.3. The topological polar surface area (TPSA) is 17.1 Å². The van der Waals surface area contributed by atoms with Gasteiger partial charge in [0.05, 0.1) is 0 Å². The van der Waals surface area contributed by atoms with E-state index in [1.54, 1.807) is 22.7 Å². The molecule has 2 aromatic heterocycles. The molecule has 0 spiro atoms. The molecule has 0 bridgehead atoms. The summed E-state index contributed by atoms with van der Waals surface area (Å²) in [5, 5.41) is 5.81. The van der Waals surface area contributed by atoms with E-state index in [1.165, 1.54) is 11.1 Å². The Labute approximate surface area is 165 Å². The molecule has 0 aliphatic rings. The van der Waals surface area contributed by atoms with Gasteiger partial charge >= 0.3 is 0 Å². The Morgan fingerprint density at radius 2 is 1.59 bits per heavy atom. The zero-order valence-electron chi connectivity index (χ0n) is 14.7. The van der Waals surface area contributed by atoms with E-state index in [4.69, 9.17) is 0 Å². The maximum absolute atomic E-state index is 13.3. The Bertz CT molecular complexity index is 1330. The van der Waals surface area contributed by atoms with Crippen LogP contribution in [0.5, 0.6) is 0 Å². The van der Waals surface area contributed by atoms with Gasteiger partial charge in [-0.15, -0.1) is 11.3 Å². The Morgan fingerprint density at radius 3 is 2.37 bits per heavy atom. The third kappa shape index (κ3) is 2.80. The molecule has 27 heavy (non-hydrogen) atoms. The first-order valence-corrected chi connectivity index (χ1v) is 10.6. The molecule has 0 saturated carbocycles. The fourth-order valence-electron chi connectivity index (χ4n) is 3.45. The fraction of sp³-hybridized carbons (Fsp3) is 0.0417. The largest absolute Gasteiger partial charge is 0.289 e. The maximum Gasteiger partial charge on any atom is 0.195 e. The van der Waals surface area contributed by atoms with Gasteiger partial charge in [0.1, 0.15) is 0 Å². The minimum absolute atomic E-state index is 0.116. The number of thiophene rings is 1. The summed E-state index contributed by atoms with van der Waals surface area (Å²) in [4.78, 5) is 13.3. The van der Waals surface area contributed by atoms with Gasteiger partial charge < -0.3 is 0 Å². The highest BCUT2D eigenvalue weighted by molar-refractivity contribution is 7.25. The zero-order valence-corrected chi connectivity index (χ0v) is 16.4. The van der Waals surface area contributed by atoms with Crippen molar-refractivity contribution in [3.8, 4) is 22.3 Å². The Balaban J connectivity index is 1.78. The summed E-state index contributed by atoms with van der Waals surface area (Å²) in [5.74, 6) is 0. The lowest BCUT2D eigenvalue weighted by molar-refractivity contribution is 1.47. The summed E-state index contributed by atoms with van der Waals surface area (Å²) in [7, 11) is 0. The Hall–Kier alpha value is -2.75. The minimum atomic E-state index is 0.116. The van der Waals surface area contributed by atoms with Gasteiger partial charge in [-0.2, -0.15) is 11.3 Å². The number of benzene rings is 3. The molecule has 0 unspecified atom stereocenters. The molecule has 1 nitrogen and oxygen atoms in total. The van der Waals surface area contributed by atoms with Crippen molar-refractivity contribution in [2.75, 3.05) is 0 Å². The normalized spacial score (nSPS) is 11.3. The van der Waals surface area contributed by atoms with Gasteiger partial charge in [-0.1, -0.05) is 48.0 Å². The molecule has 5 rings (SSSR count). The van der Waals surface area contributed by atoms with Crippen molar-refractivity contribution in [3.63, 3.8) is 0 Å². The van der Waals surface area contributed by atoms with Crippen LogP contribution in [0.1, 0.15) is 5.56 Å². The molecule has 5 aromatic rings. The van der Waals surface area contributed by atoms with Crippen molar-refractivity contribution < 1.29 is 0 Å². The molecule has 0 aliphatic carbocycles. The molecule has 3 heteroatoms. The average molecular weight is 385 g/mol. The van der Waals surface area contributed by atoms with Gasteiger partial charge in [0.25, 0.3) is 0 Å². The second-order valence-electron chi connectivity index (χ2n) is 6.70. The number of hydrogen-bond acceptors (Lipinski definition) is 3. The highest BCUT2D eigenvalue weighted by atomic mass is 32.1. The summed E-state index contributed by atoms with van der Waals surface area (Å²) >= 11 is 3.38. The molecule has 3 aromatic carbocycles. The van der Waals surface area contributed by atoms with E-state index in [2.05, 4.69) is 66.2 Å². The monoisotopic (exact) mass is 384 g/mol. The smallest absolute Gasteiger partial charge is 0.195 e. The van der Waals surface area contributed by atoms with Crippen molar-refractivity contribution in [2.45, 2.75) is 6.92 Å². The fourth-order valence-corrected chi connectivity index (χ4v) is 5.29. The van der Waals surface area contributed by atoms with E-state index < -0.39 is 0 Å². The van der Waals surface area contributed by atoms with Crippen LogP contribution in [0.3, 0.4) is 0 Å². The Morgan fingerprint density at radius 1 is 0.778 bits per heavy atom. The molecule has 0 saturated heterocycles. The number of hydrogen-bond donors (Lipinski definition) is 0. The lowest BCUT2D eigenvalue weighted by atomic mass is 10.0. The van der Waals surface area contributed by atoms with Crippen LogP contribution in [-0.2, 0) is 0 Å². The molecule has 0 N–H and O–H groups in total. The van der Waals surface area contributed by atoms with Crippen molar-refractivity contribution in [1.82, 2.24) is 0 Å². The van der Waals surface area contributed by atoms with Gasteiger partial charge in [-0.25, -0.2) is 0 Å². The molecular weight excluding hydrogens is 368 g/mol. The average Bonchev–Trinajstić information content (AvgIpc) is 3.23. The van der Waals surface area contributed by atoms with Gasteiger partial charge in [0.15, 0.2) is 5.43 Å². The number of rotatable bonds is 2. The molecule has 0 radical (unpaired) electrons. The van der Waals surface area contributed by atoms with Crippen LogP contribution in [0.15, 0.2) is 82.3 Å². The predicted octanol–water partition coefficient (Wildman–Crippen LogP) is 7.12. The second kappa shape index (κ2) is 6.45. The van der Waals surface area contributed by atoms with Crippen molar-refractivity contribution in [1.29, 1.82) is 0 Å². The highest BCUT2D eigenvalue weighted by Crippen LogP contribution is 2.35. The molecule has 2 heterocycles. The predicted molar refractivity (Wildman–Crippen MR) is 119 cm³/mol. The summed E-state index contributed by atoms with van der Waals surface area (Å²) in [6.45, 7) is 2.08. The molecule has 130 valence electrons. The number of fused-ring (bicyclic) bond motifs is 2. The third-order valence-corrected chi connectivity index (χ3v) is 6.82. The first-order chi connectivity index (χ1) is 13.2. The van der Waals surface area contributed by atoms with E-state index in [0.29, 0.717) is 0 Å². The van der Waals surface area contributed by atoms with E-state index >= 15 is 0 Å². The quantitative estimate of drug-likeness (QED) is 0.296. The van der Waals surface area contributed by atoms with E-state index in [1.807, 2.05) is 18.2 Å². The summed E-state index contributed by atoms with van der Waals surface area (Å²) in [6.07, 6.45) is 0. The summed E-state index contributed by atoms with van der Waals surface area (Å²) in [6, 6.07) is 22.8. The second-order valence-corrected chi connectivity index (χ2v) is 8.53.